The molecule has 0 aliphatic carbocycles. The number of carbonyl (C=O) groups is 1. The van der Waals surface area contributed by atoms with E-state index in [0.29, 0.717) is 30.6 Å². The van der Waals surface area contributed by atoms with Crippen molar-refractivity contribution < 1.29 is 9.53 Å². The van der Waals surface area contributed by atoms with Gasteiger partial charge in [-0.2, -0.15) is 0 Å². The lowest BCUT2D eigenvalue weighted by Crippen LogP contribution is -2.29. The summed E-state index contributed by atoms with van der Waals surface area (Å²) in [6, 6.07) is 7.18. The van der Waals surface area contributed by atoms with Gasteiger partial charge in [0.2, 0.25) is 5.91 Å². The molecule has 34 heavy (non-hydrogen) atoms. The Balaban J connectivity index is 1.67. The molecule has 0 saturated heterocycles. The highest BCUT2D eigenvalue weighted by molar-refractivity contribution is 7.15. The van der Waals surface area contributed by atoms with Crippen LogP contribution in [0.4, 0.5) is 0 Å². The molecule has 3 aromatic rings. The summed E-state index contributed by atoms with van der Waals surface area (Å²) in [4.78, 5) is 19.1. The summed E-state index contributed by atoms with van der Waals surface area (Å²) in [5.74, 6) is 1.34. The number of ether oxygens (including phenoxy) is 1. The maximum absolute atomic E-state index is 12.8. The fraction of sp³-hybridized carbons (Fsp3) is 0.417. The van der Waals surface area contributed by atoms with Crippen LogP contribution in [0.1, 0.15) is 45.7 Å². The van der Waals surface area contributed by atoms with Crippen LogP contribution in [0.5, 0.6) is 0 Å². The van der Waals surface area contributed by atoms with Gasteiger partial charge in [0.15, 0.2) is 5.82 Å². The molecule has 2 N–H and O–H groups in total. The van der Waals surface area contributed by atoms with Crippen molar-refractivity contribution in [1.82, 2.24) is 25.4 Å². The number of aromatic nitrogens is 3. The van der Waals surface area contributed by atoms with Crippen LogP contribution in [0.2, 0.25) is 5.02 Å². The molecule has 1 atom stereocenters. The normalized spacial score (nSPS) is 14.9. The zero-order valence-electron chi connectivity index (χ0n) is 19.8. The first kappa shape index (κ1) is 24.5. The van der Waals surface area contributed by atoms with Crippen molar-refractivity contribution in [3.63, 3.8) is 0 Å². The molecular formula is C24H29ClN6O2S. The molecular weight excluding hydrogens is 472 g/mol. The van der Waals surface area contributed by atoms with Gasteiger partial charge in [-0.25, -0.2) is 0 Å². The van der Waals surface area contributed by atoms with Crippen LogP contribution >= 0.6 is 22.9 Å². The zero-order valence-corrected chi connectivity index (χ0v) is 21.4. The van der Waals surface area contributed by atoms with E-state index in [1.54, 1.807) is 11.3 Å². The predicted molar refractivity (Wildman–Crippen MR) is 136 cm³/mol. The minimum absolute atomic E-state index is 0.105. The Morgan fingerprint density at radius 2 is 1.88 bits per heavy atom. The van der Waals surface area contributed by atoms with E-state index in [2.05, 4.69) is 34.7 Å². The van der Waals surface area contributed by atoms with Crippen LogP contribution in [0.3, 0.4) is 0 Å². The monoisotopic (exact) mass is 500 g/mol. The second-order valence-corrected chi connectivity index (χ2v) is 9.81. The smallest absolute Gasteiger partial charge is 0.222 e. The third kappa shape index (κ3) is 5.07. The molecule has 0 fully saturated rings. The van der Waals surface area contributed by atoms with Crippen molar-refractivity contribution in [2.45, 2.75) is 33.2 Å². The molecule has 1 amide bonds. The fourth-order valence-electron chi connectivity index (χ4n) is 3.92. The summed E-state index contributed by atoms with van der Waals surface area (Å²) in [5.41, 5.74) is 4.00. The highest BCUT2D eigenvalue weighted by Gasteiger charge is 2.32. The first-order valence-electron chi connectivity index (χ1n) is 11.3. The maximum atomic E-state index is 12.8. The SMILES string of the molecule is CNCCOCCNC(=O)C[C@@H]1N=C(c2ccc(Cl)cc2)c2c(sc(C)c2C)-n2c(C)nnc21. The Labute approximate surface area is 208 Å². The van der Waals surface area contributed by atoms with E-state index in [-0.39, 0.29) is 12.3 Å². The number of fused-ring (bicyclic) bond motifs is 3. The molecule has 0 radical (unpaired) electrons. The molecule has 1 aliphatic rings. The van der Waals surface area contributed by atoms with Gasteiger partial charge in [0, 0.05) is 34.1 Å². The second-order valence-electron chi connectivity index (χ2n) is 8.17. The number of thiophene rings is 1. The van der Waals surface area contributed by atoms with Gasteiger partial charge in [0.05, 0.1) is 25.3 Å². The van der Waals surface area contributed by atoms with Crippen molar-refractivity contribution in [2.24, 2.45) is 4.99 Å². The highest BCUT2D eigenvalue weighted by atomic mass is 35.5. The van der Waals surface area contributed by atoms with Gasteiger partial charge in [-0.05, 0) is 45.5 Å². The number of carbonyl (C=O) groups excluding carboxylic acids is 1. The summed E-state index contributed by atoms with van der Waals surface area (Å²) in [7, 11) is 1.87. The third-order valence-corrected chi connectivity index (χ3v) is 7.25. The van der Waals surface area contributed by atoms with Gasteiger partial charge < -0.3 is 15.4 Å². The van der Waals surface area contributed by atoms with Crippen LogP contribution in [0, 0.1) is 20.8 Å². The molecule has 180 valence electrons. The first-order valence-corrected chi connectivity index (χ1v) is 12.5. The number of hydrogen-bond donors (Lipinski definition) is 2. The number of amides is 1. The van der Waals surface area contributed by atoms with Crippen molar-refractivity contribution in [1.29, 1.82) is 0 Å². The number of likely N-dealkylation sites (N-methyl/N-ethyl adjacent to an activating group) is 1. The average molecular weight is 501 g/mol. The summed E-state index contributed by atoms with van der Waals surface area (Å²) >= 11 is 7.85. The highest BCUT2D eigenvalue weighted by Crippen LogP contribution is 2.39. The van der Waals surface area contributed by atoms with Crippen molar-refractivity contribution in [2.75, 3.05) is 33.4 Å². The minimum Gasteiger partial charge on any atom is -0.378 e. The Morgan fingerprint density at radius 3 is 2.62 bits per heavy atom. The molecule has 1 aromatic carbocycles. The Hall–Kier alpha value is -2.59. The summed E-state index contributed by atoms with van der Waals surface area (Å²) < 4.78 is 7.54. The summed E-state index contributed by atoms with van der Waals surface area (Å²) in [6.07, 6.45) is 0.165. The van der Waals surface area contributed by atoms with Crippen LogP contribution in [0.15, 0.2) is 29.3 Å². The number of nitrogens with zero attached hydrogens (tertiary/aromatic N) is 4. The number of benzene rings is 1. The molecule has 10 heteroatoms. The quantitative estimate of drug-likeness (QED) is 0.438. The fourth-order valence-corrected chi connectivity index (χ4v) is 5.26. The zero-order chi connectivity index (χ0) is 24.2. The van der Waals surface area contributed by atoms with Gasteiger partial charge in [0.1, 0.15) is 16.9 Å². The topological polar surface area (TPSA) is 93.4 Å². The van der Waals surface area contributed by atoms with Crippen LogP contribution in [0.25, 0.3) is 5.00 Å². The number of hydrogen-bond acceptors (Lipinski definition) is 7. The first-order chi connectivity index (χ1) is 16.4. The second kappa shape index (κ2) is 10.8. The number of halogens is 1. The number of aliphatic imine (C=N–C) groups is 1. The van der Waals surface area contributed by atoms with E-state index in [0.717, 1.165) is 39.8 Å². The van der Waals surface area contributed by atoms with E-state index in [9.17, 15) is 4.79 Å². The van der Waals surface area contributed by atoms with E-state index < -0.39 is 6.04 Å². The van der Waals surface area contributed by atoms with Crippen LogP contribution in [-0.2, 0) is 9.53 Å². The van der Waals surface area contributed by atoms with Gasteiger partial charge in [-0.3, -0.25) is 14.4 Å². The molecule has 0 saturated carbocycles. The molecule has 4 rings (SSSR count). The molecule has 1 aliphatic heterocycles. The lowest BCUT2D eigenvalue weighted by Gasteiger charge is -2.13. The largest absolute Gasteiger partial charge is 0.378 e. The maximum Gasteiger partial charge on any atom is 0.222 e. The number of rotatable bonds is 9. The molecule has 2 aromatic heterocycles. The average Bonchev–Trinajstić information content (AvgIpc) is 3.29. The minimum atomic E-state index is -0.476. The summed E-state index contributed by atoms with van der Waals surface area (Å²) in [6.45, 7) is 8.43. The lowest BCUT2D eigenvalue weighted by atomic mass is 9.99. The predicted octanol–water partition coefficient (Wildman–Crippen LogP) is 3.54. The van der Waals surface area contributed by atoms with Crippen molar-refractivity contribution in [3.05, 3.63) is 62.5 Å². The summed E-state index contributed by atoms with van der Waals surface area (Å²) in [5, 5.41) is 16.4. The van der Waals surface area contributed by atoms with E-state index in [1.807, 2.05) is 42.8 Å². The van der Waals surface area contributed by atoms with Gasteiger partial charge in [-0.1, -0.05) is 23.7 Å². The Morgan fingerprint density at radius 1 is 1.15 bits per heavy atom. The van der Waals surface area contributed by atoms with Crippen molar-refractivity contribution in [3.8, 4) is 5.00 Å². The standard InChI is InChI=1S/C24H29ClN6O2S/c1-14-15(2)34-24-21(14)22(17-5-7-18(25)8-6-17)28-19(23-30-29-16(3)31(23)24)13-20(32)27-10-12-33-11-9-26-4/h5-8,19,26H,9-13H2,1-4H3,(H,27,32)/t19-/m0/s1. The van der Waals surface area contributed by atoms with Gasteiger partial charge in [0.25, 0.3) is 0 Å². The third-order valence-electron chi connectivity index (χ3n) is 5.80. The molecule has 0 unspecified atom stereocenters. The lowest BCUT2D eigenvalue weighted by molar-refractivity contribution is -0.121. The van der Waals surface area contributed by atoms with Crippen LogP contribution in [-0.4, -0.2) is 59.7 Å². The van der Waals surface area contributed by atoms with E-state index >= 15 is 0 Å². The van der Waals surface area contributed by atoms with Gasteiger partial charge in [-0.15, -0.1) is 21.5 Å². The Bertz CT molecular complexity index is 1200. The van der Waals surface area contributed by atoms with Gasteiger partial charge >= 0.3 is 0 Å². The Kier molecular flexibility index (Phi) is 7.77. The van der Waals surface area contributed by atoms with Crippen LogP contribution < -0.4 is 10.6 Å². The number of nitrogens with one attached hydrogen (secondary N) is 2. The van der Waals surface area contributed by atoms with Crippen molar-refractivity contribution >= 4 is 34.6 Å². The number of aryl methyl sites for hydroxylation is 2. The molecule has 8 nitrogen and oxygen atoms in total. The van der Waals surface area contributed by atoms with E-state index in [1.165, 1.54) is 4.88 Å². The molecule has 0 spiro atoms. The molecule has 3 heterocycles. The molecule has 0 bridgehead atoms. The van der Waals surface area contributed by atoms with E-state index in [4.69, 9.17) is 21.3 Å².